The zero-order valence-corrected chi connectivity index (χ0v) is 14.3. The predicted octanol–water partition coefficient (Wildman–Crippen LogP) is 2.00. The van der Waals surface area contributed by atoms with Crippen LogP contribution in [0.5, 0.6) is 0 Å². The van der Waals surface area contributed by atoms with E-state index in [9.17, 15) is 8.42 Å². The molecule has 3 rings (SSSR count). The first-order valence-electron chi connectivity index (χ1n) is 8.07. The van der Waals surface area contributed by atoms with Gasteiger partial charge < -0.3 is 4.74 Å². The Labute approximate surface area is 143 Å². The SMILES string of the molecule is O=S(=O)(NCc1ccccc1CN1CCOCC1)c1ccccc1. The average Bonchev–Trinajstić information content (AvgIpc) is 2.63. The number of nitrogens with zero attached hydrogens (tertiary/aromatic N) is 1. The Morgan fingerprint density at radius 3 is 2.25 bits per heavy atom. The molecule has 0 unspecified atom stereocenters. The lowest BCUT2D eigenvalue weighted by Crippen LogP contribution is -2.36. The van der Waals surface area contributed by atoms with Crippen LogP contribution in [0.4, 0.5) is 0 Å². The van der Waals surface area contributed by atoms with Gasteiger partial charge in [-0.05, 0) is 23.3 Å². The Morgan fingerprint density at radius 2 is 1.54 bits per heavy atom. The molecule has 1 N–H and O–H groups in total. The molecule has 1 heterocycles. The van der Waals surface area contributed by atoms with E-state index < -0.39 is 10.0 Å². The first-order chi connectivity index (χ1) is 11.6. The summed E-state index contributed by atoms with van der Waals surface area (Å²) in [6, 6.07) is 16.4. The normalized spacial score (nSPS) is 16.2. The highest BCUT2D eigenvalue weighted by atomic mass is 32.2. The van der Waals surface area contributed by atoms with Crippen molar-refractivity contribution in [1.29, 1.82) is 0 Å². The van der Waals surface area contributed by atoms with E-state index in [4.69, 9.17) is 4.74 Å². The zero-order valence-electron chi connectivity index (χ0n) is 13.5. The van der Waals surface area contributed by atoms with Crippen molar-refractivity contribution in [2.45, 2.75) is 18.0 Å². The Hall–Kier alpha value is -1.73. The Balaban J connectivity index is 1.69. The number of sulfonamides is 1. The number of rotatable bonds is 6. The molecule has 0 amide bonds. The molecule has 5 nitrogen and oxygen atoms in total. The molecule has 0 saturated carbocycles. The third-order valence-electron chi connectivity index (χ3n) is 4.12. The van der Waals surface area contributed by atoms with E-state index in [1.54, 1.807) is 30.3 Å². The summed E-state index contributed by atoms with van der Waals surface area (Å²) in [7, 11) is -3.49. The van der Waals surface area contributed by atoms with E-state index in [1.807, 2.05) is 18.2 Å². The number of ether oxygens (including phenoxy) is 1. The van der Waals surface area contributed by atoms with Gasteiger partial charge in [0, 0.05) is 26.2 Å². The molecule has 24 heavy (non-hydrogen) atoms. The summed E-state index contributed by atoms with van der Waals surface area (Å²) in [6.45, 7) is 4.42. The van der Waals surface area contributed by atoms with Crippen molar-refractivity contribution in [2.75, 3.05) is 26.3 Å². The lowest BCUT2D eigenvalue weighted by atomic mass is 10.1. The van der Waals surface area contributed by atoms with Crippen molar-refractivity contribution < 1.29 is 13.2 Å². The molecule has 0 aromatic heterocycles. The molecule has 1 aliphatic heterocycles. The van der Waals surface area contributed by atoms with Gasteiger partial charge in [0.25, 0.3) is 0 Å². The largest absolute Gasteiger partial charge is 0.379 e. The van der Waals surface area contributed by atoms with E-state index in [0.29, 0.717) is 0 Å². The molecule has 0 radical (unpaired) electrons. The first-order valence-corrected chi connectivity index (χ1v) is 9.55. The molecule has 0 atom stereocenters. The van der Waals surface area contributed by atoms with Crippen molar-refractivity contribution in [3.8, 4) is 0 Å². The van der Waals surface area contributed by atoms with E-state index in [-0.39, 0.29) is 11.4 Å². The fraction of sp³-hybridized carbons (Fsp3) is 0.333. The number of hydrogen-bond donors (Lipinski definition) is 1. The van der Waals surface area contributed by atoms with Gasteiger partial charge in [0.1, 0.15) is 0 Å². The lowest BCUT2D eigenvalue weighted by Gasteiger charge is -2.27. The Kier molecular flexibility index (Phi) is 5.63. The van der Waals surface area contributed by atoms with Crippen LogP contribution in [0.25, 0.3) is 0 Å². The minimum atomic E-state index is -3.49. The summed E-state index contributed by atoms with van der Waals surface area (Å²) >= 11 is 0. The Bertz CT molecular complexity index is 757. The summed E-state index contributed by atoms with van der Waals surface area (Å²) in [5.41, 5.74) is 2.15. The summed E-state index contributed by atoms with van der Waals surface area (Å²) in [5.74, 6) is 0. The van der Waals surface area contributed by atoms with Crippen LogP contribution in [-0.2, 0) is 27.8 Å². The molecule has 2 aromatic rings. The third-order valence-corrected chi connectivity index (χ3v) is 5.54. The molecule has 0 spiro atoms. The number of morpholine rings is 1. The van der Waals surface area contributed by atoms with Gasteiger partial charge in [-0.1, -0.05) is 42.5 Å². The smallest absolute Gasteiger partial charge is 0.240 e. The maximum absolute atomic E-state index is 12.4. The maximum Gasteiger partial charge on any atom is 0.240 e. The number of nitrogens with one attached hydrogen (secondary N) is 1. The lowest BCUT2D eigenvalue weighted by molar-refractivity contribution is 0.0341. The van der Waals surface area contributed by atoms with E-state index in [2.05, 4.69) is 15.7 Å². The zero-order chi connectivity index (χ0) is 16.8. The number of hydrogen-bond acceptors (Lipinski definition) is 4. The summed E-state index contributed by atoms with van der Waals surface area (Å²) in [6.07, 6.45) is 0. The quantitative estimate of drug-likeness (QED) is 0.869. The fourth-order valence-electron chi connectivity index (χ4n) is 2.74. The van der Waals surface area contributed by atoms with Gasteiger partial charge in [-0.15, -0.1) is 0 Å². The molecule has 2 aromatic carbocycles. The van der Waals surface area contributed by atoms with Crippen LogP contribution < -0.4 is 4.72 Å². The van der Waals surface area contributed by atoms with Gasteiger partial charge in [-0.25, -0.2) is 13.1 Å². The van der Waals surface area contributed by atoms with Gasteiger partial charge in [-0.2, -0.15) is 0 Å². The van der Waals surface area contributed by atoms with Crippen molar-refractivity contribution in [3.05, 3.63) is 65.7 Å². The molecular weight excluding hydrogens is 324 g/mol. The first kappa shape index (κ1) is 17.1. The molecule has 1 saturated heterocycles. The molecular formula is C18H22N2O3S. The molecule has 0 aliphatic carbocycles. The van der Waals surface area contributed by atoms with E-state index >= 15 is 0 Å². The van der Waals surface area contributed by atoms with Crippen LogP contribution in [0.1, 0.15) is 11.1 Å². The third kappa shape index (κ3) is 4.42. The average molecular weight is 346 g/mol. The van der Waals surface area contributed by atoms with E-state index in [1.165, 1.54) is 0 Å². The van der Waals surface area contributed by atoms with Crippen LogP contribution in [0.2, 0.25) is 0 Å². The van der Waals surface area contributed by atoms with Crippen molar-refractivity contribution in [2.24, 2.45) is 0 Å². The highest BCUT2D eigenvalue weighted by molar-refractivity contribution is 7.89. The Morgan fingerprint density at radius 1 is 0.917 bits per heavy atom. The second kappa shape index (κ2) is 7.90. The van der Waals surface area contributed by atoms with Gasteiger partial charge in [0.15, 0.2) is 0 Å². The van der Waals surface area contributed by atoms with Crippen LogP contribution in [0.15, 0.2) is 59.5 Å². The van der Waals surface area contributed by atoms with Crippen molar-refractivity contribution in [1.82, 2.24) is 9.62 Å². The fourth-order valence-corrected chi connectivity index (χ4v) is 3.77. The van der Waals surface area contributed by atoms with Crippen molar-refractivity contribution >= 4 is 10.0 Å². The molecule has 1 aliphatic rings. The predicted molar refractivity (Wildman–Crippen MR) is 93.0 cm³/mol. The number of benzene rings is 2. The van der Waals surface area contributed by atoms with Crippen LogP contribution >= 0.6 is 0 Å². The van der Waals surface area contributed by atoms with Crippen LogP contribution in [0.3, 0.4) is 0 Å². The maximum atomic E-state index is 12.4. The van der Waals surface area contributed by atoms with E-state index in [0.717, 1.165) is 44.0 Å². The topological polar surface area (TPSA) is 58.6 Å². The minimum absolute atomic E-state index is 0.288. The van der Waals surface area contributed by atoms with Gasteiger partial charge in [0.05, 0.1) is 18.1 Å². The van der Waals surface area contributed by atoms with Gasteiger partial charge in [0.2, 0.25) is 10.0 Å². The second-order valence-electron chi connectivity index (χ2n) is 5.79. The van der Waals surface area contributed by atoms with Crippen molar-refractivity contribution in [3.63, 3.8) is 0 Å². The monoisotopic (exact) mass is 346 g/mol. The standard InChI is InChI=1S/C18H22N2O3S/c21-24(22,18-8-2-1-3-9-18)19-14-16-6-4-5-7-17(16)15-20-10-12-23-13-11-20/h1-9,19H,10-15H2. The highest BCUT2D eigenvalue weighted by Crippen LogP contribution is 2.14. The molecule has 6 heteroatoms. The molecule has 0 bridgehead atoms. The second-order valence-corrected chi connectivity index (χ2v) is 7.56. The summed E-state index contributed by atoms with van der Waals surface area (Å²) in [5, 5.41) is 0. The van der Waals surface area contributed by atoms with Gasteiger partial charge >= 0.3 is 0 Å². The summed E-state index contributed by atoms with van der Waals surface area (Å²) < 4.78 is 32.8. The van der Waals surface area contributed by atoms with Gasteiger partial charge in [-0.3, -0.25) is 4.90 Å². The highest BCUT2D eigenvalue weighted by Gasteiger charge is 2.16. The van der Waals surface area contributed by atoms with Crippen LogP contribution in [0, 0.1) is 0 Å². The minimum Gasteiger partial charge on any atom is -0.379 e. The molecule has 128 valence electrons. The molecule has 1 fully saturated rings. The van der Waals surface area contributed by atoms with Crippen LogP contribution in [-0.4, -0.2) is 39.6 Å². The summed E-state index contributed by atoms with van der Waals surface area (Å²) in [4.78, 5) is 2.62.